The molecule has 5 heteroatoms. The van der Waals surface area contributed by atoms with Gasteiger partial charge in [-0.25, -0.2) is 8.42 Å². The van der Waals surface area contributed by atoms with Crippen LogP contribution in [0.4, 0.5) is 0 Å². The van der Waals surface area contributed by atoms with E-state index in [1.54, 1.807) is 24.3 Å². The van der Waals surface area contributed by atoms with E-state index >= 15 is 0 Å². The maximum atomic E-state index is 11.7. The second-order valence-electron chi connectivity index (χ2n) is 4.80. The predicted molar refractivity (Wildman–Crippen MR) is 70.4 cm³/mol. The average Bonchev–Trinajstić information content (AvgIpc) is 2.75. The first kappa shape index (κ1) is 13.4. The molecule has 0 aliphatic heterocycles. The normalized spacial score (nSPS) is 24.1. The summed E-state index contributed by atoms with van der Waals surface area (Å²) in [5.41, 5.74) is 5.70. The lowest BCUT2D eigenvalue weighted by atomic mass is 10.1. The van der Waals surface area contributed by atoms with Crippen molar-refractivity contribution in [2.75, 3.05) is 12.8 Å². The summed E-state index contributed by atoms with van der Waals surface area (Å²) in [5, 5.41) is 0. The molecule has 0 radical (unpaired) electrons. The molecule has 1 aromatic rings. The summed E-state index contributed by atoms with van der Waals surface area (Å²) in [4.78, 5) is 0.257. The molecule has 0 saturated heterocycles. The van der Waals surface area contributed by atoms with Gasteiger partial charge < -0.3 is 10.5 Å². The van der Waals surface area contributed by atoms with Crippen LogP contribution >= 0.6 is 0 Å². The first-order valence-electron chi connectivity index (χ1n) is 6.18. The van der Waals surface area contributed by atoms with Crippen LogP contribution in [0.25, 0.3) is 0 Å². The Morgan fingerprint density at radius 2 is 2.06 bits per heavy atom. The molecule has 2 N–H and O–H groups in total. The number of sulfone groups is 1. The van der Waals surface area contributed by atoms with Crippen molar-refractivity contribution in [3.63, 3.8) is 0 Å². The minimum Gasteiger partial charge on any atom is -0.489 e. The maximum absolute atomic E-state index is 11.7. The van der Waals surface area contributed by atoms with E-state index in [-0.39, 0.29) is 11.0 Å². The highest BCUT2D eigenvalue weighted by Gasteiger charge is 2.29. The van der Waals surface area contributed by atoms with Crippen LogP contribution < -0.4 is 10.5 Å². The van der Waals surface area contributed by atoms with E-state index in [1.165, 1.54) is 6.26 Å². The van der Waals surface area contributed by atoms with Gasteiger partial charge in [-0.15, -0.1) is 0 Å². The third kappa shape index (κ3) is 2.84. The van der Waals surface area contributed by atoms with Gasteiger partial charge in [-0.05, 0) is 37.9 Å². The van der Waals surface area contributed by atoms with Gasteiger partial charge in [0.05, 0.1) is 0 Å². The zero-order chi connectivity index (χ0) is 13.2. The second kappa shape index (κ2) is 5.28. The molecule has 2 atom stereocenters. The smallest absolute Gasteiger partial charge is 0.179 e. The van der Waals surface area contributed by atoms with Crippen molar-refractivity contribution in [1.29, 1.82) is 0 Å². The van der Waals surface area contributed by atoms with Crippen LogP contribution in [0.1, 0.15) is 19.3 Å². The van der Waals surface area contributed by atoms with Crippen LogP contribution in [-0.2, 0) is 9.84 Å². The molecule has 0 spiro atoms. The molecular weight excluding hydrogens is 250 g/mol. The topological polar surface area (TPSA) is 69.4 Å². The Morgan fingerprint density at radius 1 is 1.33 bits per heavy atom. The number of para-hydroxylation sites is 1. The van der Waals surface area contributed by atoms with E-state index in [4.69, 9.17) is 10.5 Å². The van der Waals surface area contributed by atoms with Gasteiger partial charge in [0.15, 0.2) is 9.84 Å². The van der Waals surface area contributed by atoms with Crippen LogP contribution in [-0.4, -0.2) is 27.3 Å². The first-order valence-corrected chi connectivity index (χ1v) is 8.07. The van der Waals surface area contributed by atoms with Gasteiger partial charge in [-0.2, -0.15) is 0 Å². The summed E-state index contributed by atoms with van der Waals surface area (Å²) in [6.07, 6.45) is 4.33. The molecule has 1 aromatic carbocycles. The number of ether oxygens (including phenoxy) is 1. The molecule has 0 heterocycles. The lowest BCUT2D eigenvalue weighted by molar-refractivity contribution is 0.158. The van der Waals surface area contributed by atoms with Crippen molar-refractivity contribution < 1.29 is 13.2 Å². The van der Waals surface area contributed by atoms with Crippen LogP contribution in [0, 0.1) is 5.92 Å². The summed E-state index contributed by atoms with van der Waals surface area (Å²) in [6, 6.07) is 6.79. The SMILES string of the molecule is CS(=O)(=O)c1ccccc1OC1CCCC1CN. The minimum absolute atomic E-state index is 0.0397. The fourth-order valence-corrected chi connectivity index (χ4v) is 3.25. The quantitative estimate of drug-likeness (QED) is 0.901. The number of benzene rings is 1. The number of hydrogen-bond donors (Lipinski definition) is 1. The van der Waals surface area contributed by atoms with Crippen molar-refractivity contribution >= 4 is 9.84 Å². The Kier molecular flexibility index (Phi) is 3.92. The summed E-state index contributed by atoms with van der Waals surface area (Å²) < 4.78 is 29.2. The zero-order valence-corrected chi connectivity index (χ0v) is 11.3. The van der Waals surface area contributed by atoms with Crippen molar-refractivity contribution in [3.05, 3.63) is 24.3 Å². The minimum atomic E-state index is -3.26. The van der Waals surface area contributed by atoms with Crippen LogP contribution in [0.2, 0.25) is 0 Å². The zero-order valence-electron chi connectivity index (χ0n) is 10.5. The van der Waals surface area contributed by atoms with Crippen LogP contribution in [0.15, 0.2) is 29.2 Å². The molecule has 0 aromatic heterocycles. The summed E-state index contributed by atoms with van der Waals surface area (Å²) in [5.74, 6) is 0.781. The van der Waals surface area contributed by atoms with E-state index in [0.29, 0.717) is 18.2 Å². The highest BCUT2D eigenvalue weighted by atomic mass is 32.2. The lowest BCUT2D eigenvalue weighted by Crippen LogP contribution is -2.28. The van der Waals surface area contributed by atoms with E-state index in [0.717, 1.165) is 19.3 Å². The van der Waals surface area contributed by atoms with Gasteiger partial charge in [0.2, 0.25) is 0 Å². The average molecular weight is 269 g/mol. The van der Waals surface area contributed by atoms with Crippen molar-refractivity contribution in [1.82, 2.24) is 0 Å². The van der Waals surface area contributed by atoms with Crippen molar-refractivity contribution in [3.8, 4) is 5.75 Å². The van der Waals surface area contributed by atoms with Gasteiger partial charge >= 0.3 is 0 Å². The van der Waals surface area contributed by atoms with Gasteiger partial charge in [0.25, 0.3) is 0 Å². The van der Waals surface area contributed by atoms with E-state index in [9.17, 15) is 8.42 Å². The van der Waals surface area contributed by atoms with Crippen LogP contribution in [0.5, 0.6) is 5.75 Å². The largest absolute Gasteiger partial charge is 0.489 e. The Labute approximate surface area is 108 Å². The van der Waals surface area contributed by atoms with Gasteiger partial charge in [-0.1, -0.05) is 12.1 Å². The van der Waals surface area contributed by atoms with Crippen LogP contribution in [0.3, 0.4) is 0 Å². The van der Waals surface area contributed by atoms with Gasteiger partial charge in [0.1, 0.15) is 16.7 Å². The standard InChI is InChI=1S/C13H19NO3S/c1-18(15,16)13-8-3-2-6-12(13)17-11-7-4-5-10(11)9-14/h2-3,6,8,10-11H,4-5,7,9,14H2,1H3. The lowest BCUT2D eigenvalue weighted by Gasteiger charge is -2.21. The molecule has 2 rings (SSSR count). The third-order valence-corrected chi connectivity index (χ3v) is 4.56. The molecule has 0 bridgehead atoms. The van der Waals surface area contributed by atoms with E-state index in [1.807, 2.05) is 0 Å². The summed E-state index contributed by atoms with van der Waals surface area (Å²) in [6.45, 7) is 0.589. The molecule has 0 amide bonds. The Morgan fingerprint density at radius 3 is 2.72 bits per heavy atom. The molecule has 18 heavy (non-hydrogen) atoms. The fourth-order valence-electron chi connectivity index (χ4n) is 2.44. The predicted octanol–water partition coefficient (Wildman–Crippen LogP) is 1.60. The summed E-state index contributed by atoms with van der Waals surface area (Å²) in [7, 11) is -3.26. The molecule has 1 aliphatic rings. The van der Waals surface area contributed by atoms with Gasteiger partial charge in [0, 0.05) is 12.2 Å². The molecule has 100 valence electrons. The molecule has 1 fully saturated rings. The molecule has 2 unspecified atom stereocenters. The Balaban J connectivity index is 2.24. The highest BCUT2D eigenvalue weighted by molar-refractivity contribution is 7.90. The summed E-state index contributed by atoms with van der Waals surface area (Å²) >= 11 is 0. The Bertz CT molecular complexity index is 513. The van der Waals surface area contributed by atoms with Gasteiger partial charge in [-0.3, -0.25) is 0 Å². The molecular formula is C13H19NO3S. The van der Waals surface area contributed by atoms with Crippen molar-refractivity contribution in [2.24, 2.45) is 11.7 Å². The van der Waals surface area contributed by atoms with E-state index in [2.05, 4.69) is 0 Å². The highest BCUT2D eigenvalue weighted by Crippen LogP contribution is 2.32. The monoisotopic (exact) mass is 269 g/mol. The Hall–Kier alpha value is -1.07. The van der Waals surface area contributed by atoms with E-state index < -0.39 is 9.84 Å². The third-order valence-electron chi connectivity index (χ3n) is 3.42. The van der Waals surface area contributed by atoms with Crippen molar-refractivity contribution in [2.45, 2.75) is 30.3 Å². The second-order valence-corrected chi connectivity index (χ2v) is 6.79. The fraction of sp³-hybridized carbons (Fsp3) is 0.538. The maximum Gasteiger partial charge on any atom is 0.179 e. The molecule has 4 nitrogen and oxygen atoms in total. The number of rotatable bonds is 4. The molecule has 1 aliphatic carbocycles. The first-order chi connectivity index (χ1) is 8.52. The number of nitrogens with two attached hydrogens (primary N) is 1. The number of hydrogen-bond acceptors (Lipinski definition) is 4. The molecule has 1 saturated carbocycles.